The second kappa shape index (κ2) is 5.25. The Hall–Kier alpha value is -2.12. The van der Waals surface area contributed by atoms with Crippen molar-refractivity contribution in [1.82, 2.24) is 25.5 Å². The number of thiophene rings is 1. The largest absolute Gasteiger partial charge is 0.308 e. The van der Waals surface area contributed by atoms with Crippen LogP contribution in [0.3, 0.4) is 0 Å². The summed E-state index contributed by atoms with van der Waals surface area (Å²) in [5.74, 6) is 0.625. The van der Waals surface area contributed by atoms with Gasteiger partial charge >= 0.3 is 0 Å². The first-order valence-corrected chi connectivity index (χ1v) is 6.64. The quantitative estimate of drug-likeness (QED) is 0.742. The minimum absolute atomic E-state index is 0.0868. The summed E-state index contributed by atoms with van der Waals surface area (Å²) in [7, 11) is 0. The van der Waals surface area contributed by atoms with Gasteiger partial charge in [-0.3, -0.25) is 4.79 Å². The smallest absolute Gasteiger partial charge is 0.268 e. The number of aromatic amines is 1. The standard InChI is InChI=1S/C12H11N5OS/c18-12-11-9(3-5-19-11)15-10(16-12)7-13-6-8-2-1-4-14-17-8/h1-5,13H,6-7H2,(H,15,16,18). The monoisotopic (exact) mass is 273 g/mol. The van der Waals surface area contributed by atoms with Crippen LogP contribution in [-0.2, 0) is 13.1 Å². The summed E-state index contributed by atoms with van der Waals surface area (Å²) in [5.41, 5.74) is 1.50. The number of H-pyrrole nitrogens is 1. The predicted octanol–water partition coefficient (Wildman–Crippen LogP) is 1.06. The van der Waals surface area contributed by atoms with E-state index >= 15 is 0 Å². The van der Waals surface area contributed by atoms with Crippen LogP contribution in [0.4, 0.5) is 0 Å². The maximum absolute atomic E-state index is 11.8. The molecule has 2 N–H and O–H groups in total. The zero-order valence-electron chi connectivity index (χ0n) is 9.96. The lowest BCUT2D eigenvalue weighted by molar-refractivity contribution is 0.645. The molecule has 0 aromatic carbocycles. The highest BCUT2D eigenvalue weighted by Crippen LogP contribution is 2.13. The predicted molar refractivity (Wildman–Crippen MR) is 72.8 cm³/mol. The highest BCUT2D eigenvalue weighted by Gasteiger charge is 2.04. The zero-order valence-corrected chi connectivity index (χ0v) is 10.8. The van der Waals surface area contributed by atoms with Crippen LogP contribution in [0.5, 0.6) is 0 Å². The first kappa shape index (κ1) is 11.9. The van der Waals surface area contributed by atoms with Gasteiger partial charge in [-0.05, 0) is 23.6 Å². The number of hydrogen-bond acceptors (Lipinski definition) is 6. The van der Waals surface area contributed by atoms with Crippen molar-refractivity contribution in [2.45, 2.75) is 13.1 Å². The van der Waals surface area contributed by atoms with Gasteiger partial charge in [0.05, 0.1) is 17.8 Å². The van der Waals surface area contributed by atoms with Crippen LogP contribution in [0, 0.1) is 0 Å². The fraction of sp³-hybridized carbons (Fsp3) is 0.167. The van der Waals surface area contributed by atoms with Crippen molar-refractivity contribution in [2.24, 2.45) is 0 Å². The van der Waals surface area contributed by atoms with E-state index in [4.69, 9.17) is 0 Å². The van der Waals surface area contributed by atoms with E-state index in [1.807, 2.05) is 23.6 Å². The summed E-state index contributed by atoms with van der Waals surface area (Å²) < 4.78 is 0.665. The van der Waals surface area contributed by atoms with Crippen molar-refractivity contribution < 1.29 is 0 Å². The van der Waals surface area contributed by atoms with Crippen LogP contribution >= 0.6 is 11.3 Å². The van der Waals surface area contributed by atoms with Crippen molar-refractivity contribution in [2.75, 3.05) is 0 Å². The third-order valence-corrected chi connectivity index (χ3v) is 3.49. The van der Waals surface area contributed by atoms with Crippen molar-refractivity contribution in [1.29, 1.82) is 0 Å². The van der Waals surface area contributed by atoms with Gasteiger partial charge in [-0.15, -0.1) is 11.3 Å². The molecular weight excluding hydrogens is 262 g/mol. The van der Waals surface area contributed by atoms with Crippen molar-refractivity contribution in [3.8, 4) is 0 Å². The van der Waals surface area contributed by atoms with Gasteiger partial charge in [0, 0.05) is 12.7 Å². The Kier molecular flexibility index (Phi) is 3.30. The Balaban J connectivity index is 1.70. The Morgan fingerprint density at radius 3 is 3.11 bits per heavy atom. The van der Waals surface area contributed by atoms with E-state index in [0.717, 1.165) is 11.2 Å². The molecule has 3 heterocycles. The average Bonchev–Trinajstić information content (AvgIpc) is 2.89. The van der Waals surface area contributed by atoms with Gasteiger partial charge in [-0.25, -0.2) is 4.98 Å². The summed E-state index contributed by atoms with van der Waals surface area (Å²) in [5, 5.41) is 12.8. The van der Waals surface area contributed by atoms with Gasteiger partial charge in [0.2, 0.25) is 0 Å². The normalized spacial score (nSPS) is 10.9. The molecule has 0 aliphatic heterocycles. The van der Waals surface area contributed by atoms with E-state index in [-0.39, 0.29) is 5.56 Å². The highest BCUT2D eigenvalue weighted by molar-refractivity contribution is 7.17. The van der Waals surface area contributed by atoms with Crippen LogP contribution in [0.15, 0.2) is 34.6 Å². The Labute approximate surface area is 112 Å². The second-order valence-corrected chi connectivity index (χ2v) is 4.88. The average molecular weight is 273 g/mol. The number of hydrogen-bond donors (Lipinski definition) is 2. The first-order chi connectivity index (χ1) is 9.33. The van der Waals surface area contributed by atoms with Gasteiger partial charge in [0.25, 0.3) is 5.56 Å². The maximum atomic E-state index is 11.8. The Bertz CT molecular complexity index is 736. The van der Waals surface area contributed by atoms with Crippen LogP contribution in [0.1, 0.15) is 11.5 Å². The van der Waals surface area contributed by atoms with Crippen molar-refractivity contribution in [3.63, 3.8) is 0 Å². The highest BCUT2D eigenvalue weighted by atomic mass is 32.1. The topological polar surface area (TPSA) is 83.6 Å². The summed E-state index contributed by atoms with van der Waals surface area (Å²) in [4.78, 5) is 18.9. The third kappa shape index (κ3) is 2.67. The number of aromatic nitrogens is 4. The molecule has 0 atom stereocenters. The van der Waals surface area contributed by atoms with Gasteiger partial charge in [-0.2, -0.15) is 10.2 Å². The Morgan fingerprint density at radius 2 is 2.26 bits per heavy atom. The molecule has 0 amide bonds. The van der Waals surface area contributed by atoms with E-state index in [0.29, 0.717) is 23.6 Å². The van der Waals surface area contributed by atoms with Gasteiger partial charge in [-0.1, -0.05) is 0 Å². The molecule has 7 heteroatoms. The van der Waals surface area contributed by atoms with Crippen LogP contribution in [0.25, 0.3) is 10.2 Å². The molecule has 0 radical (unpaired) electrons. The molecule has 6 nitrogen and oxygen atoms in total. The molecule has 0 bridgehead atoms. The van der Waals surface area contributed by atoms with Crippen molar-refractivity contribution in [3.05, 3.63) is 51.6 Å². The SMILES string of the molecule is O=c1[nH]c(CNCc2cccnn2)nc2ccsc12. The van der Waals surface area contributed by atoms with Crippen LogP contribution < -0.4 is 10.9 Å². The molecule has 3 aromatic heterocycles. The minimum atomic E-state index is -0.0868. The summed E-state index contributed by atoms with van der Waals surface area (Å²) in [6, 6.07) is 5.57. The third-order valence-electron chi connectivity index (χ3n) is 2.59. The molecule has 0 aliphatic carbocycles. The number of nitrogens with one attached hydrogen (secondary N) is 2. The molecule has 3 rings (SSSR count). The lowest BCUT2D eigenvalue weighted by Crippen LogP contribution is -2.19. The molecule has 0 fully saturated rings. The van der Waals surface area contributed by atoms with E-state index in [9.17, 15) is 4.79 Å². The van der Waals surface area contributed by atoms with Crippen LogP contribution in [-0.4, -0.2) is 20.2 Å². The fourth-order valence-electron chi connectivity index (χ4n) is 1.74. The van der Waals surface area contributed by atoms with E-state index < -0.39 is 0 Å². The minimum Gasteiger partial charge on any atom is -0.308 e. The molecule has 3 aromatic rings. The molecular formula is C12H11N5OS. The molecule has 0 saturated heterocycles. The molecule has 0 unspecified atom stereocenters. The maximum Gasteiger partial charge on any atom is 0.268 e. The lowest BCUT2D eigenvalue weighted by Gasteiger charge is -2.03. The summed E-state index contributed by atoms with van der Waals surface area (Å²) in [6.07, 6.45) is 1.63. The van der Waals surface area contributed by atoms with Crippen LogP contribution in [0.2, 0.25) is 0 Å². The molecule has 19 heavy (non-hydrogen) atoms. The summed E-state index contributed by atoms with van der Waals surface area (Å²) in [6.45, 7) is 1.07. The molecule has 0 aliphatic rings. The van der Waals surface area contributed by atoms with Gasteiger partial charge < -0.3 is 10.3 Å². The van der Waals surface area contributed by atoms with Gasteiger partial charge in [0.15, 0.2) is 0 Å². The van der Waals surface area contributed by atoms with E-state index in [1.165, 1.54) is 11.3 Å². The number of nitrogens with zero attached hydrogens (tertiary/aromatic N) is 3. The molecule has 96 valence electrons. The molecule has 0 spiro atoms. The van der Waals surface area contributed by atoms with E-state index in [2.05, 4.69) is 25.5 Å². The summed E-state index contributed by atoms with van der Waals surface area (Å²) >= 11 is 1.40. The zero-order chi connectivity index (χ0) is 13.1. The number of fused-ring (bicyclic) bond motifs is 1. The second-order valence-electron chi connectivity index (χ2n) is 3.97. The fourth-order valence-corrected chi connectivity index (χ4v) is 2.47. The van der Waals surface area contributed by atoms with Gasteiger partial charge in [0.1, 0.15) is 10.5 Å². The van der Waals surface area contributed by atoms with E-state index in [1.54, 1.807) is 6.20 Å². The Morgan fingerprint density at radius 1 is 1.32 bits per heavy atom. The lowest BCUT2D eigenvalue weighted by atomic mass is 10.4. The first-order valence-electron chi connectivity index (χ1n) is 5.76. The van der Waals surface area contributed by atoms with Crippen molar-refractivity contribution >= 4 is 21.6 Å². The number of rotatable bonds is 4. The molecule has 0 saturated carbocycles.